The molecule has 1 heterocycles. The molecule has 0 aromatic carbocycles. The molecular weight excluding hydrogens is 216 g/mol. The van der Waals surface area contributed by atoms with Crippen molar-refractivity contribution < 1.29 is 9.90 Å². The summed E-state index contributed by atoms with van der Waals surface area (Å²) in [6, 6.07) is 0. The number of hydrogen-bond acceptors (Lipinski definition) is 3. The molecule has 4 heteroatoms. The second-order valence-electron chi connectivity index (χ2n) is 6.26. The maximum Gasteiger partial charge on any atom is 0.220 e. The summed E-state index contributed by atoms with van der Waals surface area (Å²) in [5, 5.41) is 15.6. The van der Waals surface area contributed by atoms with E-state index in [4.69, 9.17) is 0 Å². The van der Waals surface area contributed by atoms with Crippen molar-refractivity contribution in [3.8, 4) is 0 Å². The first-order valence-electron chi connectivity index (χ1n) is 6.46. The maximum absolute atomic E-state index is 11.8. The van der Waals surface area contributed by atoms with Crippen molar-refractivity contribution >= 4 is 5.91 Å². The Balaban J connectivity index is 2.26. The normalized spacial score (nSPS) is 26.9. The molecule has 0 bridgehead atoms. The summed E-state index contributed by atoms with van der Waals surface area (Å²) >= 11 is 0. The van der Waals surface area contributed by atoms with Crippen LogP contribution in [0.15, 0.2) is 0 Å². The summed E-state index contributed by atoms with van der Waals surface area (Å²) in [5.41, 5.74) is 0.158. The predicted octanol–water partition coefficient (Wildman–Crippen LogP) is 0.755. The Morgan fingerprint density at radius 3 is 2.59 bits per heavy atom. The van der Waals surface area contributed by atoms with Crippen LogP contribution in [0.5, 0.6) is 0 Å². The second kappa shape index (κ2) is 5.83. The van der Waals surface area contributed by atoms with Crippen molar-refractivity contribution in [3.05, 3.63) is 0 Å². The third kappa shape index (κ3) is 4.64. The van der Waals surface area contributed by atoms with Crippen molar-refractivity contribution in [3.63, 3.8) is 0 Å². The molecule has 3 N–H and O–H groups in total. The van der Waals surface area contributed by atoms with Crippen LogP contribution in [0.1, 0.15) is 34.1 Å². The van der Waals surface area contributed by atoms with Gasteiger partial charge in [-0.2, -0.15) is 0 Å². The molecule has 1 amide bonds. The summed E-state index contributed by atoms with van der Waals surface area (Å²) in [5.74, 6) is 0.601. The lowest BCUT2D eigenvalue weighted by Crippen LogP contribution is -2.36. The van der Waals surface area contributed by atoms with Gasteiger partial charge in [-0.05, 0) is 11.3 Å². The van der Waals surface area contributed by atoms with Crippen LogP contribution in [0.25, 0.3) is 0 Å². The third-order valence-corrected chi connectivity index (χ3v) is 3.84. The second-order valence-corrected chi connectivity index (χ2v) is 6.26. The predicted molar refractivity (Wildman–Crippen MR) is 68.6 cm³/mol. The van der Waals surface area contributed by atoms with E-state index < -0.39 is 0 Å². The van der Waals surface area contributed by atoms with Crippen LogP contribution in [0.2, 0.25) is 0 Å². The molecular formula is C13H26N2O2. The first kappa shape index (κ1) is 14.5. The average Bonchev–Trinajstić information content (AvgIpc) is 2.59. The monoisotopic (exact) mass is 242 g/mol. The van der Waals surface area contributed by atoms with Crippen molar-refractivity contribution in [1.82, 2.24) is 10.6 Å². The SMILES string of the molecule is CC(CC(=O)NCC1CNCC1O)C(C)(C)C. The van der Waals surface area contributed by atoms with Crippen molar-refractivity contribution in [2.45, 2.75) is 40.2 Å². The smallest absolute Gasteiger partial charge is 0.220 e. The van der Waals surface area contributed by atoms with Crippen LogP contribution in [0, 0.1) is 17.3 Å². The Morgan fingerprint density at radius 1 is 1.47 bits per heavy atom. The highest BCUT2D eigenvalue weighted by molar-refractivity contribution is 5.76. The quantitative estimate of drug-likeness (QED) is 0.682. The van der Waals surface area contributed by atoms with Crippen molar-refractivity contribution in [2.75, 3.05) is 19.6 Å². The Hall–Kier alpha value is -0.610. The molecule has 0 aliphatic carbocycles. The average molecular weight is 242 g/mol. The van der Waals surface area contributed by atoms with Crippen LogP contribution in [0.4, 0.5) is 0 Å². The molecule has 1 saturated heterocycles. The zero-order valence-electron chi connectivity index (χ0n) is 11.4. The Labute approximate surface area is 104 Å². The van der Waals surface area contributed by atoms with Crippen LogP contribution < -0.4 is 10.6 Å². The molecule has 1 rings (SSSR count). The molecule has 1 fully saturated rings. The van der Waals surface area contributed by atoms with E-state index in [2.05, 4.69) is 38.3 Å². The third-order valence-electron chi connectivity index (χ3n) is 3.84. The molecule has 0 aromatic rings. The van der Waals surface area contributed by atoms with E-state index in [0.717, 1.165) is 6.54 Å². The molecule has 1 aliphatic heterocycles. The van der Waals surface area contributed by atoms with Crippen LogP contribution in [0.3, 0.4) is 0 Å². The van der Waals surface area contributed by atoms with Gasteiger partial charge in [-0.25, -0.2) is 0 Å². The molecule has 0 radical (unpaired) electrons. The van der Waals surface area contributed by atoms with Gasteiger partial charge in [-0.15, -0.1) is 0 Å². The number of aliphatic hydroxyl groups excluding tert-OH is 1. The fourth-order valence-corrected chi connectivity index (χ4v) is 1.83. The van der Waals surface area contributed by atoms with Crippen LogP contribution in [-0.2, 0) is 4.79 Å². The largest absolute Gasteiger partial charge is 0.391 e. The first-order chi connectivity index (χ1) is 7.80. The summed E-state index contributed by atoms with van der Waals surface area (Å²) in [6.45, 7) is 10.5. The zero-order valence-corrected chi connectivity index (χ0v) is 11.4. The van der Waals surface area contributed by atoms with Crippen molar-refractivity contribution in [2.24, 2.45) is 17.3 Å². The van der Waals surface area contributed by atoms with E-state index >= 15 is 0 Å². The van der Waals surface area contributed by atoms with E-state index in [1.54, 1.807) is 0 Å². The van der Waals surface area contributed by atoms with Gasteiger partial charge >= 0.3 is 0 Å². The molecule has 0 spiro atoms. The van der Waals surface area contributed by atoms with Gasteiger partial charge in [0.25, 0.3) is 0 Å². The Morgan fingerprint density at radius 2 is 2.12 bits per heavy atom. The minimum atomic E-state index is -0.324. The van der Waals surface area contributed by atoms with Gasteiger partial charge in [0.05, 0.1) is 6.10 Å². The van der Waals surface area contributed by atoms with E-state index in [9.17, 15) is 9.90 Å². The van der Waals surface area contributed by atoms with Gasteiger partial charge in [0.1, 0.15) is 0 Å². The van der Waals surface area contributed by atoms with Gasteiger partial charge in [0.15, 0.2) is 0 Å². The summed E-state index contributed by atoms with van der Waals surface area (Å²) in [4.78, 5) is 11.8. The van der Waals surface area contributed by atoms with E-state index in [-0.39, 0.29) is 23.3 Å². The zero-order chi connectivity index (χ0) is 13.1. The van der Waals surface area contributed by atoms with Gasteiger partial charge < -0.3 is 15.7 Å². The van der Waals surface area contributed by atoms with Gasteiger partial charge in [-0.1, -0.05) is 27.7 Å². The number of hydrogen-bond donors (Lipinski definition) is 3. The highest BCUT2D eigenvalue weighted by Gasteiger charge is 2.26. The lowest BCUT2D eigenvalue weighted by atomic mass is 9.80. The summed E-state index contributed by atoms with van der Waals surface area (Å²) < 4.78 is 0. The molecule has 3 atom stereocenters. The van der Waals surface area contributed by atoms with Crippen molar-refractivity contribution in [1.29, 1.82) is 0 Å². The van der Waals surface area contributed by atoms with Crippen LogP contribution in [-0.4, -0.2) is 36.8 Å². The number of carbonyl (C=O) groups excluding carboxylic acids is 1. The molecule has 100 valence electrons. The Bertz CT molecular complexity index is 261. The topological polar surface area (TPSA) is 61.4 Å². The number of β-amino-alcohol motifs (C(OH)–C–C–N with tert-alkyl or cyclic N) is 1. The molecule has 1 aliphatic rings. The lowest BCUT2D eigenvalue weighted by Gasteiger charge is -2.26. The number of aliphatic hydroxyl groups is 1. The minimum absolute atomic E-state index is 0.0894. The molecule has 0 aromatic heterocycles. The van der Waals surface area contributed by atoms with E-state index in [1.165, 1.54) is 0 Å². The maximum atomic E-state index is 11.8. The van der Waals surface area contributed by atoms with Gasteiger partial charge in [0, 0.05) is 32.0 Å². The molecule has 0 saturated carbocycles. The fraction of sp³-hybridized carbons (Fsp3) is 0.923. The minimum Gasteiger partial charge on any atom is -0.391 e. The number of carbonyl (C=O) groups is 1. The summed E-state index contributed by atoms with van der Waals surface area (Å²) in [6.07, 6.45) is 0.232. The number of amides is 1. The fourth-order valence-electron chi connectivity index (χ4n) is 1.83. The number of rotatable bonds is 4. The van der Waals surface area contributed by atoms with E-state index in [1.807, 2.05) is 0 Å². The van der Waals surface area contributed by atoms with Gasteiger partial charge in [-0.3, -0.25) is 4.79 Å². The molecule has 17 heavy (non-hydrogen) atoms. The molecule has 4 nitrogen and oxygen atoms in total. The Kier molecular flexibility index (Phi) is 4.95. The number of nitrogens with one attached hydrogen (secondary N) is 2. The lowest BCUT2D eigenvalue weighted by molar-refractivity contribution is -0.122. The molecule has 3 unspecified atom stereocenters. The van der Waals surface area contributed by atoms with E-state index in [0.29, 0.717) is 25.4 Å². The standard InChI is InChI=1S/C13H26N2O2/c1-9(13(2,3)4)5-12(17)15-7-10-6-14-8-11(10)16/h9-11,14,16H,5-8H2,1-4H3,(H,15,17). The highest BCUT2D eigenvalue weighted by Crippen LogP contribution is 2.27. The highest BCUT2D eigenvalue weighted by atomic mass is 16.3. The van der Waals surface area contributed by atoms with Crippen LogP contribution >= 0.6 is 0 Å². The first-order valence-corrected chi connectivity index (χ1v) is 6.46. The van der Waals surface area contributed by atoms with Gasteiger partial charge in [0.2, 0.25) is 5.91 Å². The summed E-state index contributed by atoms with van der Waals surface area (Å²) in [7, 11) is 0.